The quantitative estimate of drug-likeness (QED) is 0.129. The van der Waals surface area contributed by atoms with Crippen molar-refractivity contribution < 1.29 is 0 Å². The van der Waals surface area contributed by atoms with E-state index >= 15 is 0 Å². The Balaban J connectivity index is 1.01. The first kappa shape index (κ1) is 39.3. The van der Waals surface area contributed by atoms with Gasteiger partial charge in [0.2, 0.25) is 0 Å². The maximum absolute atomic E-state index is 5.08. The van der Waals surface area contributed by atoms with E-state index in [0.717, 1.165) is 45.8 Å². The van der Waals surface area contributed by atoms with E-state index in [1.54, 1.807) is 0 Å². The third-order valence-electron chi connectivity index (χ3n) is 12.3. The summed E-state index contributed by atoms with van der Waals surface area (Å²) in [6.45, 7) is 8.95. The Morgan fingerprint density at radius 3 is 1.73 bits per heavy atom. The zero-order valence-corrected chi connectivity index (χ0v) is 36.1. The SMILES string of the molecule is CCC(=C\C=C(/C)n1c2ccccc2c2c(-c3ccc(-c4nc(-c5ccccc5)cc(-c5ccccc5)n4)cc3)cccc21)/C(C)=C/c1c(C)n(-c2ccccc2)c2ccccc12. The normalized spacial score (nSPS) is 12.5. The van der Waals surface area contributed by atoms with E-state index in [4.69, 9.17) is 9.97 Å². The van der Waals surface area contributed by atoms with Crippen LogP contribution in [0.15, 0.2) is 211 Å². The summed E-state index contributed by atoms with van der Waals surface area (Å²) in [5.74, 6) is 0.705. The van der Waals surface area contributed by atoms with Crippen LogP contribution in [0.1, 0.15) is 38.4 Å². The number of para-hydroxylation sites is 3. The van der Waals surface area contributed by atoms with E-state index in [-0.39, 0.29) is 0 Å². The first-order valence-corrected chi connectivity index (χ1v) is 21.8. The second kappa shape index (κ2) is 16.9. The van der Waals surface area contributed by atoms with Crippen molar-refractivity contribution in [1.29, 1.82) is 0 Å². The van der Waals surface area contributed by atoms with E-state index in [9.17, 15) is 0 Å². The van der Waals surface area contributed by atoms with Crippen LogP contribution in [0.5, 0.6) is 0 Å². The largest absolute Gasteiger partial charge is 0.313 e. The molecule has 0 bridgehead atoms. The number of allylic oxidation sites excluding steroid dienone is 5. The zero-order valence-electron chi connectivity index (χ0n) is 36.1. The molecule has 0 atom stereocenters. The Kier molecular flexibility index (Phi) is 10.6. The summed E-state index contributed by atoms with van der Waals surface area (Å²) in [4.78, 5) is 10.2. The van der Waals surface area contributed by atoms with Crippen LogP contribution in [0.25, 0.3) is 95.2 Å². The Hall–Kier alpha value is -7.82. The lowest BCUT2D eigenvalue weighted by Gasteiger charge is -2.11. The fraction of sp³-hybridized carbons (Fsp3) is 0.0847. The molecule has 0 aliphatic rings. The van der Waals surface area contributed by atoms with Gasteiger partial charge < -0.3 is 9.13 Å². The van der Waals surface area contributed by atoms with Crippen LogP contribution in [-0.2, 0) is 0 Å². The molecular weight excluding hydrogens is 765 g/mol. The lowest BCUT2D eigenvalue weighted by atomic mass is 9.98. The molecule has 4 nitrogen and oxygen atoms in total. The Bertz CT molecular complexity index is 3310. The smallest absolute Gasteiger partial charge is 0.160 e. The molecule has 3 heterocycles. The molecule has 10 rings (SSSR count). The van der Waals surface area contributed by atoms with Gasteiger partial charge in [-0.15, -0.1) is 0 Å². The summed E-state index contributed by atoms with van der Waals surface area (Å²) < 4.78 is 4.79. The van der Waals surface area contributed by atoms with Crippen molar-refractivity contribution in [2.75, 3.05) is 0 Å². The molecule has 0 radical (unpaired) electrons. The van der Waals surface area contributed by atoms with E-state index in [0.29, 0.717) is 5.82 Å². The van der Waals surface area contributed by atoms with Gasteiger partial charge in [0.25, 0.3) is 0 Å². The average molecular weight is 813 g/mol. The van der Waals surface area contributed by atoms with Gasteiger partial charge in [0.05, 0.1) is 27.9 Å². The van der Waals surface area contributed by atoms with Gasteiger partial charge in [-0.2, -0.15) is 0 Å². The average Bonchev–Trinajstić information content (AvgIpc) is 3.83. The fourth-order valence-corrected chi connectivity index (χ4v) is 9.15. The van der Waals surface area contributed by atoms with Gasteiger partial charge in [0.15, 0.2) is 5.82 Å². The number of fused-ring (bicyclic) bond motifs is 4. The molecule has 0 saturated carbocycles. The second-order valence-corrected chi connectivity index (χ2v) is 16.2. The predicted octanol–water partition coefficient (Wildman–Crippen LogP) is 15.8. The number of nitrogens with zero attached hydrogens (tertiary/aromatic N) is 4. The van der Waals surface area contributed by atoms with Gasteiger partial charge in [0, 0.05) is 55.5 Å². The number of benzene rings is 7. The van der Waals surface area contributed by atoms with Crippen molar-refractivity contribution in [3.63, 3.8) is 0 Å². The minimum Gasteiger partial charge on any atom is -0.313 e. The van der Waals surface area contributed by atoms with E-state index in [2.05, 4.69) is 231 Å². The molecule has 0 aliphatic heterocycles. The number of hydrogen-bond acceptors (Lipinski definition) is 2. The molecule has 0 N–H and O–H groups in total. The summed E-state index contributed by atoms with van der Waals surface area (Å²) in [6.07, 6.45) is 7.90. The van der Waals surface area contributed by atoms with Gasteiger partial charge >= 0.3 is 0 Å². The summed E-state index contributed by atoms with van der Waals surface area (Å²) in [7, 11) is 0. The van der Waals surface area contributed by atoms with Gasteiger partial charge in [0.1, 0.15) is 0 Å². The molecule has 4 heteroatoms. The first-order chi connectivity index (χ1) is 31.0. The van der Waals surface area contributed by atoms with Crippen LogP contribution in [0.3, 0.4) is 0 Å². The third kappa shape index (κ3) is 7.40. The van der Waals surface area contributed by atoms with Crippen LogP contribution in [-0.4, -0.2) is 19.1 Å². The second-order valence-electron chi connectivity index (χ2n) is 16.2. The Morgan fingerprint density at radius 2 is 1.08 bits per heavy atom. The molecule has 10 aromatic rings. The Labute approximate surface area is 369 Å². The standard InChI is InChI=1S/C59H48N4/c1-5-43(40(2)38-52-42(4)63(48-24-13-8-14-25-48)55-29-17-15-26-50(52)55)33-32-41(3)62-56-30-18-16-27-51(56)58-49(28-19-31-57(58)62)44-34-36-47(37-35-44)59-60-53(45-20-9-6-10-21-45)39-54(61-59)46-22-11-7-12-23-46/h6-39H,5H2,1-4H3/b40-38+,41-32+,43-33+. The first-order valence-electron chi connectivity index (χ1n) is 21.8. The van der Waals surface area contributed by atoms with Crippen molar-refractivity contribution in [2.45, 2.75) is 34.1 Å². The topological polar surface area (TPSA) is 35.6 Å². The molecule has 304 valence electrons. The molecular formula is C59H48N4. The number of rotatable bonds is 10. The van der Waals surface area contributed by atoms with Crippen LogP contribution < -0.4 is 0 Å². The van der Waals surface area contributed by atoms with E-state index < -0.39 is 0 Å². The number of aromatic nitrogens is 4. The molecule has 0 aliphatic carbocycles. The summed E-state index contributed by atoms with van der Waals surface area (Å²) >= 11 is 0. The molecule has 63 heavy (non-hydrogen) atoms. The molecule has 0 spiro atoms. The molecule has 0 amide bonds. The van der Waals surface area contributed by atoms with Crippen LogP contribution >= 0.6 is 0 Å². The molecule has 7 aromatic carbocycles. The van der Waals surface area contributed by atoms with Crippen LogP contribution in [0.2, 0.25) is 0 Å². The highest BCUT2D eigenvalue weighted by Crippen LogP contribution is 2.39. The maximum Gasteiger partial charge on any atom is 0.160 e. The highest BCUT2D eigenvalue weighted by molar-refractivity contribution is 6.16. The van der Waals surface area contributed by atoms with Crippen LogP contribution in [0, 0.1) is 6.92 Å². The van der Waals surface area contributed by atoms with Crippen molar-refractivity contribution in [2.24, 2.45) is 0 Å². The zero-order chi connectivity index (χ0) is 42.9. The summed E-state index contributed by atoms with van der Waals surface area (Å²) in [6, 6.07) is 66.3. The highest BCUT2D eigenvalue weighted by atomic mass is 15.0. The molecule has 0 fully saturated rings. The van der Waals surface area contributed by atoms with Crippen molar-refractivity contribution in [3.8, 4) is 50.7 Å². The van der Waals surface area contributed by atoms with E-state index in [1.807, 2.05) is 12.1 Å². The lowest BCUT2D eigenvalue weighted by molar-refractivity contribution is 1.05. The van der Waals surface area contributed by atoms with Gasteiger partial charge in [-0.3, -0.25) is 0 Å². The van der Waals surface area contributed by atoms with Crippen molar-refractivity contribution in [1.82, 2.24) is 19.1 Å². The minimum atomic E-state index is 0.705. The predicted molar refractivity (Wildman–Crippen MR) is 267 cm³/mol. The minimum absolute atomic E-state index is 0.705. The van der Waals surface area contributed by atoms with Crippen LogP contribution in [0.4, 0.5) is 0 Å². The molecule has 0 saturated heterocycles. The van der Waals surface area contributed by atoms with Crippen molar-refractivity contribution >= 4 is 44.5 Å². The van der Waals surface area contributed by atoms with Gasteiger partial charge in [-0.25, -0.2) is 9.97 Å². The summed E-state index contributed by atoms with van der Waals surface area (Å²) in [5.41, 5.74) is 18.3. The third-order valence-corrected chi connectivity index (χ3v) is 12.3. The summed E-state index contributed by atoms with van der Waals surface area (Å²) in [5, 5.41) is 3.73. The fourth-order valence-electron chi connectivity index (χ4n) is 9.15. The Morgan fingerprint density at radius 1 is 0.524 bits per heavy atom. The van der Waals surface area contributed by atoms with Crippen molar-refractivity contribution in [3.05, 3.63) is 223 Å². The lowest BCUT2D eigenvalue weighted by Crippen LogP contribution is -1.96. The number of hydrogen-bond donors (Lipinski definition) is 0. The highest BCUT2D eigenvalue weighted by Gasteiger charge is 2.18. The monoisotopic (exact) mass is 812 g/mol. The maximum atomic E-state index is 5.08. The van der Waals surface area contributed by atoms with E-state index in [1.165, 1.54) is 66.4 Å². The molecule has 0 unspecified atom stereocenters. The van der Waals surface area contributed by atoms with Gasteiger partial charge in [-0.1, -0.05) is 165 Å². The molecule has 3 aromatic heterocycles. The van der Waals surface area contributed by atoms with Gasteiger partial charge in [-0.05, 0) is 98.0 Å².